The van der Waals surface area contributed by atoms with Gasteiger partial charge in [-0.25, -0.2) is 8.42 Å². The molecule has 1 aromatic rings. The number of primary amides is 1. The van der Waals surface area contributed by atoms with Gasteiger partial charge in [-0.3, -0.25) is 4.79 Å². The summed E-state index contributed by atoms with van der Waals surface area (Å²) in [5, 5.41) is 0. The zero-order chi connectivity index (χ0) is 15.7. The number of hydrogen-bond acceptors (Lipinski definition) is 3. The predicted molar refractivity (Wildman–Crippen MR) is 83.8 cm³/mol. The van der Waals surface area contributed by atoms with Gasteiger partial charge in [0.1, 0.15) is 0 Å². The van der Waals surface area contributed by atoms with Crippen molar-refractivity contribution in [1.82, 2.24) is 4.31 Å². The Bertz CT molecular complexity index is 685. The van der Waals surface area contributed by atoms with Crippen LogP contribution in [0.2, 0.25) is 0 Å². The Balaban J connectivity index is 1.87. The molecule has 1 fully saturated rings. The minimum atomic E-state index is -3.54. The zero-order valence-electron chi connectivity index (χ0n) is 12.6. The maximum atomic E-state index is 12.8. The lowest BCUT2D eigenvalue weighted by atomic mass is 9.92. The second-order valence-electron chi connectivity index (χ2n) is 6.24. The molecule has 0 saturated carbocycles. The van der Waals surface area contributed by atoms with Crippen LogP contribution in [0.3, 0.4) is 0 Å². The average Bonchev–Trinajstić information content (AvgIpc) is 2.54. The third-order valence-electron chi connectivity index (χ3n) is 4.74. The van der Waals surface area contributed by atoms with Crippen molar-refractivity contribution in [3.05, 3.63) is 29.3 Å². The molecule has 0 unspecified atom stereocenters. The summed E-state index contributed by atoms with van der Waals surface area (Å²) in [4.78, 5) is 11.7. The van der Waals surface area contributed by atoms with E-state index in [0.717, 1.165) is 24.8 Å². The summed E-state index contributed by atoms with van der Waals surface area (Å²) in [6.45, 7) is 0.665. The molecule has 5 nitrogen and oxygen atoms in total. The van der Waals surface area contributed by atoms with Crippen LogP contribution in [0.15, 0.2) is 23.1 Å². The van der Waals surface area contributed by atoms with E-state index in [-0.39, 0.29) is 12.5 Å². The first-order valence-corrected chi connectivity index (χ1v) is 9.34. The number of rotatable bonds is 3. The zero-order valence-corrected chi connectivity index (χ0v) is 13.4. The van der Waals surface area contributed by atoms with E-state index in [1.807, 2.05) is 12.1 Å². The van der Waals surface area contributed by atoms with E-state index < -0.39 is 15.9 Å². The van der Waals surface area contributed by atoms with Crippen LogP contribution in [0.5, 0.6) is 0 Å². The SMILES string of the molecule is NC(=O)[C@@H]1CCCN(S(=O)(=O)c2ccc3c(c2)CCCC3)C1. The number of sulfonamides is 1. The lowest BCUT2D eigenvalue weighted by Gasteiger charge is -2.30. The monoisotopic (exact) mass is 322 g/mol. The van der Waals surface area contributed by atoms with Crippen molar-refractivity contribution in [2.75, 3.05) is 13.1 Å². The highest BCUT2D eigenvalue weighted by atomic mass is 32.2. The molecule has 3 rings (SSSR count). The van der Waals surface area contributed by atoms with E-state index in [1.54, 1.807) is 6.07 Å². The molecule has 120 valence electrons. The summed E-state index contributed by atoms with van der Waals surface area (Å²) in [5.41, 5.74) is 7.75. The summed E-state index contributed by atoms with van der Waals surface area (Å²) in [6.07, 6.45) is 5.62. The van der Waals surface area contributed by atoms with Crippen molar-refractivity contribution in [1.29, 1.82) is 0 Å². The molecule has 1 heterocycles. The highest BCUT2D eigenvalue weighted by Gasteiger charge is 2.32. The van der Waals surface area contributed by atoms with Crippen LogP contribution in [0, 0.1) is 5.92 Å². The number of piperidine rings is 1. The molecular weight excluding hydrogens is 300 g/mol. The number of nitrogens with two attached hydrogens (primary N) is 1. The van der Waals surface area contributed by atoms with E-state index >= 15 is 0 Å². The first kappa shape index (κ1) is 15.5. The number of carbonyl (C=O) groups is 1. The van der Waals surface area contributed by atoms with Gasteiger partial charge < -0.3 is 5.73 Å². The molecule has 1 aliphatic carbocycles. The van der Waals surface area contributed by atoms with E-state index in [1.165, 1.54) is 16.3 Å². The molecule has 0 aromatic heterocycles. The summed E-state index contributed by atoms with van der Waals surface area (Å²) in [7, 11) is -3.54. The van der Waals surface area contributed by atoms with Crippen LogP contribution in [-0.4, -0.2) is 31.7 Å². The predicted octanol–water partition coefficient (Wildman–Crippen LogP) is 1.45. The molecule has 1 saturated heterocycles. The van der Waals surface area contributed by atoms with Gasteiger partial charge in [-0.1, -0.05) is 6.07 Å². The first-order valence-electron chi connectivity index (χ1n) is 7.90. The van der Waals surface area contributed by atoms with Crippen molar-refractivity contribution < 1.29 is 13.2 Å². The van der Waals surface area contributed by atoms with Crippen LogP contribution in [0.25, 0.3) is 0 Å². The van der Waals surface area contributed by atoms with Crippen molar-refractivity contribution >= 4 is 15.9 Å². The number of aryl methyl sites for hydroxylation is 2. The minimum Gasteiger partial charge on any atom is -0.369 e. The number of carbonyl (C=O) groups excluding carboxylic acids is 1. The van der Waals surface area contributed by atoms with E-state index in [4.69, 9.17) is 5.73 Å². The van der Waals surface area contributed by atoms with E-state index in [2.05, 4.69) is 0 Å². The van der Waals surface area contributed by atoms with Crippen LogP contribution >= 0.6 is 0 Å². The Kier molecular flexibility index (Phi) is 4.23. The molecule has 2 aliphatic rings. The van der Waals surface area contributed by atoms with Crippen LogP contribution in [0.1, 0.15) is 36.8 Å². The smallest absolute Gasteiger partial charge is 0.243 e. The van der Waals surface area contributed by atoms with Gasteiger partial charge in [-0.05, 0) is 61.8 Å². The molecule has 1 aromatic carbocycles. The Hall–Kier alpha value is -1.40. The Morgan fingerprint density at radius 2 is 1.86 bits per heavy atom. The number of benzene rings is 1. The highest BCUT2D eigenvalue weighted by Crippen LogP contribution is 2.28. The molecule has 1 aliphatic heterocycles. The standard InChI is InChI=1S/C16H22N2O3S/c17-16(19)14-6-3-9-18(11-14)22(20,21)15-8-7-12-4-1-2-5-13(12)10-15/h7-8,10,14H,1-6,9,11H2,(H2,17,19)/t14-/m1/s1. The maximum absolute atomic E-state index is 12.8. The third-order valence-corrected chi connectivity index (χ3v) is 6.61. The molecule has 22 heavy (non-hydrogen) atoms. The highest BCUT2D eigenvalue weighted by molar-refractivity contribution is 7.89. The fraction of sp³-hybridized carbons (Fsp3) is 0.562. The summed E-state index contributed by atoms with van der Waals surface area (Å²) >= 11 is 0. The van der Waals surface area contributed by atoms with E-state index in [0.29, 0.717) is 24.3 Å². The van der Waals surface area contributed by atoms with Crippen LogP contribution < -0.4 is 5.73 Å². The largest absolute Gasteiger partial charge is 0.369 e. The number of fused-ring (bicyclic) bond motifs is 1. The lowest BCUT2D eigenvalue weighted by molar-refractivity contribution is -0.122. The molecule has 2 N–H and O–H groups in total. The summed E-state index contributed by atoms with van der Waals surface area (Å²) in [6, 6.07) is 5.46. The van der Waals surface area contributed by atoms with Crippen molar-refractivity contribution in [3.8, 4) is 0 Å². The Morgan fingerprint density at radius 3 is 2.59 bits per heavy atom. The van der Waals surface area contributed by atoms with Gasteiger partial charge >= 0.3 is 0 Å². The van der Waals surface area contributed by atoms with Crippen LogP contribution in [-0.2, 0) is 27.7 Å². The van der Waals surface area contributed by atoms with Gasteiger partial charge in [0.2, 0.25) is 15.9 Å². The van der Waals surface area contributed by atoms with Crippen molar-refractivity contribution in [3.63, 3.8) is 0 Å². The van der Waals surface area contributed by atoms with Gasteiger partial charge in [0.25, 0.3) is 0 Å². The quantitative estimate of drug-likeness (QED) is 0.914. The molecule has 0 bridgehead atoms. The maximum Gasteiger partial charge on any atom is 0.243 e. The number of amides is 1. The normalized spacial score (nSPS) is 23.0. The van der Waals surface area contributed by atoms with Gasteiger partial charge in [0, 0.05) is 13.1 Å². The van der Waals surface area contributed by atoms with Crippen LogP contribution in [0.4, 0.5) is 0 Å². The fourth-order valence-corrected chi connectivity index (χ4v) is 4.99. The van der Waals surface area contributed by atoms with Crippen molar-refractivity contribution in [2.24, 2.45) is 11.7 Å². The second kappa shape index (κ2) is 6.01. The topological polar surface area (TPSA) is 80.5 Å². The Labute approximate surface area is 131 Å². The number of nitrogens with zero attached hydrogens (tertiary/aromatic N) is 1. The first-order chi connectivity index (χ1) is 10.5. The molecule has 1 atom stereocenters. The minimum absolute atomic E-state index is 0.203. The van der Waals surface area contributed by atoms with Gasteiger partial charge in [0.05, 0.1) is 10.8 Å². The van der Waals surface area contributed by atoms with Crippen molar-refractivity contribution in [2.45, 2.75) is 43.4 Å². The number of hydrogen-bond donors (Lipinski definition) is 1. The van der Waals surface area contributed by atoms with Gasteiger partial charge in [-0.15, -0.1) is 0 Å². The fourth-order valence-electron chi connectivity index (χ4n) is 3.41. The lowest BCUT2D eigenvalue weighted by Crippen LogP contribution is -2.44. The molecule has 0 radical (unpaired) electrons. The molecular formula is C16H22N2O3S. The Morgan fingerprint density at radius 1 is 1.14 bits per heavy atom. The molecule has 1 amide bonds. The summed E-state index contributed by atoms with van der Waals surface area (Å²) in [5.74, 6) is -0.786. The van der Waals surface area contributed by atoms with Gasteiger partial charge in [0.15, 0.2) is 0 Å². The van der Waals surface area contributed by atoms with E-state index in [9.17, 15) is 13.2 Å². The molecule has 0 spiro atoms. The summed E-state index contributed by atoms with van der Waals surface area (Å²) < 4.78 is 27.0. The molecule has 6 heteroatoms. The second-order valence-corrected chi connectivity index (χ2v) is 8.18. The average molecular weight is 322 g/mol. The third kappa shape index (κ3) is 2.90. The van der Waals surface area contributed by atoms with Gasteiger partial charge in [-0.2, -0.15) is 4.31 Å².